The van der Waals surface area contributed by atoms with Crippen molar-refractivity contribution in [3.8, 4) is 5.75 Å². The van der Waals surface area contributed by atoms with Crippen LogP contribution in [-0.2, 0) is 14.3 Å². The number of carbonyl (C=O) groups excluding carboxylic acids is 2. The number of imide groups is 1. The molecule has 2 fully saturated rings. The maximum Gasteiger partial charge on any atom is 0.488 e. The van der Waals surface area contributed by atoms with Crippen LogP contribution in [0.3, 0.4) is 0 Å². The van der Waals surface area contributed by atoms with Gasteiger partial charge in [0, 0.05) is 12.1 Å². The van der Waals surface area contributed by atoms with Crippen LogP contribution in [0.2, 0.25) is 0 Å². The predicted octanol–water partition coefficient (Wildman–Crippen LogP) is 3.96. The largest absolute Gasteiger partial charge is 0.508 e. The Balaban J connectivity index is 1.28. The molecule has 3 N–H and O–H groups in total. The topological polar surface area (TPSA) is 120 Å². The molecule has 0 radical (unpaired) electrons. The van der Waals surface area contributed by atoms with Crippen molar-refractivity contribution in [2.45, 2.75) is 39.2 Å². The zero-order chi connectivity index (χ0) is 30.2. The molecule has 0 saturated carbocycles. The van der Waals surface area contributed by atoms with Gasteiger partial charge in [-0.05, 0) is 89.8 Å². The summed E-state index contributed by atoms with van der Waals surface area (Å²) < 4.78 is 6.43. The van der Waals surface area contributed by atoms with E-state index in [0.717, 1.165) is 22.4 Å². The summed E-state index contributed by atoms with van der Waals surface area (Å²) in [5, 5.41) is 29.0. The predicted molar refractivity (Wildman–Crippen MR) is 165 cm³/mol. The van der Waals surface area contributed by atoms with Gasteiger partial charge in [-0.15, -0.1) is 0 Å². The van der Waals surface area contributed by atoms with Gasteiger partial charge in [-0.25, -0.2) is 0 Å². The van der Waals surface area contributed by atoms with Gasteiger partial charge < -0.3 is 19.9 Å². The van der Waals surface area contributed by atoms with Gasteiger partial charge in [0.15, 0.2) is 0 Å². The van der Waals surface area contributed by atoms with Gasteiger partial charge in [0.05, 0.1) is 35.9 Å². The van der Waals surface area contributed by atoms with Crippen molar-refractivity contribution >= 4 is 41.7 Å². The summed E-state index contributed by atoms with van der Waals surface area (Å²) in [6, 6.07) is 19.2. The highest BCUT2D eigenvalue weighted by Gasteiger charge is 2.57. The molecule has 0 bridgehead atoms. The van der Waals surface area contributed by atoms with Crippen LogP contribution in [0, 0.1) is 23.7 Å². The zero-order valence-corrected chi connectivity index (χ0v) is 24.3. The van der Waals surface area contributed by atoms with Gasteiger partial charge in [-0.1, -0.05) is 49.8 Å². The first-order chi connectivity index (χ1) is 20.7. The molecule has 6 rings (SSSR count). The molecule has 2 amide bonds. The number of rotatable bonds is 8. The van der Waals surface area contributed by atoms with E-state index in [0.29, 0.717) is 31.6 Å². The first-order valence-electron chi connectivity index (χ1n) is 14.8. The van der Waals surface area contributed by atoms with Crippen LogP contribution < -0.4 is 10.4 Å². The lowest BCUT2D eigenvalue weighted by Crippen LogP contribution is -2.36. The first kappa shape index (κ1) is 29.0. The Morgan fingerprint density at radius 1 is 1.05 bits per heavy atom. The summed E-state index contributed by atoms with van der Waals surface area (Å²) >= 11 is 0. The number of benzene rings is 2. The SMILES string of the molecule is CC(C)C1=C2[C@@H](CC/C(=C/c3ccc(O)cc3)c3ccccn3)OC[C@@H]2[C@@H]2C(=O)N(c3cccc(B(O)O)c3)C(=O)[C@@H]2C1. The molecule has 1 aliphatic carbocycles. The van der Waals surface area contributed by atoms with E-state index in [9.17, 15) is 24.7 Å². The number of amides is 2. The van der Waals surface area contributed by atoms with E-state index in [1.165, 1.54) is 16.5 Å². The second-order valence-electron chi connectivity index (χ2n) is 11.9. The number of pyridine rings is 1. The highest BCUT2D eigenvalue weighted by atomic mass is 16.5. The minimum absolute atomic E-state index is 0.180. The van der Waals surface area contributed by atoms with Gasteiger partial charge in [0.25, 0.3) is 0 Å². The summed E-state index contributed by atoms with van der Waals surface area (Å²) in [7, 11) is -1.70. The van der Waals surface area contributed by atoms with Crippen molar-refractivity contribution in [2.75, 3.05) is 11.5 Å². The highest BCUT2D eigenvalue weighted by Crippen LogP contribution is 2.52. The van der Waals surface area contributed by atoms with Gasteiger partial charge in [-0.2, -0.15) is 0 Å². The number of hydrogen-bond acceptors (Lipinski definition) is 7. The third kappa shape index (κ3) is 5.56. The first-order valence-corrected chi connectivity index (χ1v) is 14.8. The number of nitrogens with zero attached hydrogens (tertiary/aromatic N) is 2. The molecule has 0 unspecified atom stereocenters. The Bertz CT molecular complexity index is 1580. The molecule has 9 heteroatoms. The minimum atomic E-state index is -1.70. The van der Waals surface area contributed by atoms with Crippen molar-refractivity contribution in [3.05, 3.63) is 95.3 Å². The molecule has 4 atom stereocenters. The number of allylic oxidation sites excluding steroid dienone is 2. The Labute approximate surface area is 251 Å². The number of phenolic OH excluding ortho intramolecular Hbond substituents is 1. The number of fused-ring (bicyclic) bond motifs is 3. The molecule has 2 aromatic carbocycles. The zero-order valence-electron chi connectivity index (χ0n) is 24.3. The van der Waals surface area contributed by atoms with Crippen molar-refractivity contribution in [3.63, 3.8) is 0 Å². The third-order valence-corrected chi connectivity index (χ3v) is 8.97. The van der Waals surface area contributed by atoms with Gasteiger partial charge in [0.1, 0.15) is 5.75 Å². The van der Waals surface area contributed by atoms with Crippen molar-refractivity contribution in [1.29, 1.82) is 0 Å². The molecule has 0 spiro atoms. The van der Waals surface area contributed by atoms with Gasteiger partial charge in [0.2, 0.25) is 11.8 Å². The Morgan fingerprint density at radius 3 is 2.53 bits per heavy atom. The summed E-state index contributed by atoms with van der Waals surface area (Å²) in [6.45, 7) is 4.63. The van der Waals surface area contributed by atoms with Crippen LogP contribution in [0.5, 0.6) is 5.75 Å². The lowest BCUT2D eigenvalue weighted by Gasteiger charge is -2.33. The van der Waals surface area contributed by atoms with Crippen LogP contribution in [0.4, 0.5) is 5.69 Å². The Kier molecular flexibility index (Phi) is 8.05. The average molecular weight is 578 g/mol. The van der Waals surface area contributed by atoms with Crippen molar-refractivity contribution in [2.24, 2.45) is 23.7 Å². The van der Waals surface area contributed by atoms with E-state index in [1.54, 1.807) is 36.5 Å². The van der Waals surface area contributed by atoms with Crippen LogP contribution in [0.1, 0.15) is 44.4 Å². The number of aromatic hydroxyl groups is 1. The lowest BCUT2D eigenvalue weighted by molar-refractivity contribution is -0.122. The van der Waals surface area contributed by atoms with Gasteiger partial charge >= 0.3 is 7.12 Å². The molecule has 2 aliphatic heterocycles. The number of carbonyl (C=O) groups is 2. The van der Waals surface area contributed by atoms with Crippen LogP contribution >= 0.6 is 0 Å². The summed E-state index contributed by atoms with van der Waals surface area (Å²) in [6.07, 6.45) is 5.56. The van der Waals surface area contributed by atoms with Crippen molar-refractivity contribution in [1.82, 2.24) is 4.98 Å². The van der Waals surface area contributed by atoms with Crippen molar-refractivity contribution < 1.29 is 29.5 Å². The summed E-state index contributed by atoms with van der Waals surface area (Å²) in [5.74, 6) is -1.26. The van der Waals surface area contributed by atoms with Gasteiger partial charge in [-0.3, -0.25) is 19.5 Å². The molecule has 2 saturated heterocycles. The quantitative estimate of drug-likeness (QED) is 0.210. The van der Waals surface area contributed by atoms with E-state index >= 15 is 0 Å². The van der Waals surface area contributed by atoms with E-state index in [-0.39, 0.29) is 41.0 Å². The number of aromatic nitrogens is 1. The molecule has 3 heterocycles. The number of phenols is 1. The molecule has 3 aromatic rings. The minimum Gasteiger partial charge on any atom is -0.508 e. The van der Waals surface area contributed by atoms with E-state index in [1.807, 2.05) is 30.3 Å². The summed E-state index contributed by atoms with van der Waals surface area (Å²) in [5.41, 5.74) is 5.80. The number of hydrogen-bond donors (Lipinski definition) is 3. The Morgan fingerprint density at radius 2 is 1.84 bits per heavy atom. The fraction of sp³-hybridized carbons (Fsp3) is 0.324. The monoisotopic (exact) mass is 578 g/mol. The molecule has 1 aromatic heterocycles. The standard InChI is InChI=1S/C34H35BN2O6/c1-20(2)26-18-27-32(34(40)37(33(27)39)24-7-5-6-23(17-24)35(41)42)28-19-43-30(31(26)28)14-11-22(29-8-3-4-15-36-29)16-21-9-12-25(38)13-10-21/h3-10,12-13,15-17,20,27-28,30,32,38,41-42H,11,14,18-19H2,1-2H3/b22-16-/t27-,28+,30-,32-/m1/s1. The van der Waals surface area contributed by atoms with E-state index in [2.05, 4.69) is 24.9 Å². The normalized spacial score (nSPS) is 23.7. The molecule has 220 valence electrons. The second kappa shape index (κ2) is 11.9. The van der Waals surface area contributed by atoms with Crippen LogP contribution in [0.25, 0.3) is 11.6 Å². The smallest absolute Gasteiger partial charge is 0.488 e. The highest BCUT2D eigenvalue weighted by molar-refractivity contribution is 6.58. The average Bonchev–Trinajstić information content (AvgIpc) is 3.54. The Hall–Kier alpha value is -4.05. The molecule has 3 aliphatic rings. The maximum atomic E-state index is 13.9. The number of anilines is 1. The molecule has 43 heavy (non-hydrogen) atoms. The fourth-order valence-corrected chi connectivity index (χ4v) is 6.92. The summed E-state index contributed by atoms with van der Waals surface area (Å²) in [4.78, 5) is 33.4. The molecule has 8 nitrogen and oxygen atoms in total. The molecular formula is C34H35BN2O6. The number of ether oxygens (including phenoxy) is 1. The molecular weight excluding hydrogens is 543 g/mol. The van der Waals surface area contributed by atoms with E-state index in [4.69, 9.17) is 4.74 Å². The lowest BCUT2D eigenvalue weighted by atomic mass is 9.67. The van der Waals surface area contributed by atoms with Crippen LogP contribution in [0.15, 0.2) is 84.1 Å². The fourth-order valence-electron chi connectivity index (χ4n) is 6.92. The second-order valence-corrected chi connectivity index (χ2v) is 11.9. The van der Waals surface area contributed by atoms with E-state index < -0.39 is 19.0 Å². The third-order valence-electron chi connectivity index (χ3n) is 8.97. The van der Waals surface area contributed by atoms with Crippen LogP contribution in [-0.4, -0.2) is 51.8 Å². The maximum absolute atomic E-state index is 13.9.